The first kappa shape index (κ1) is 22.1. The van der Waals surface area contributed by atoms with Crippen LogP contribution < -0.4 is 5.32 Å². The Hall–Kier alpha value is -1.62. The van der Waals surface area contributed by atoms with Crippen LogP contribution in [-0.2, 0) is 11.3 Å². The summed E-state index contributed by atoms with van der Waals surface area (Å²) in [7, 11) is 0. The number of hydrogen-bond donors (Lipinski definition) is 1. The molecule has 1 N–H and O–H groups in total. The van der Waals surface area contributed by atoms with E-state index >= 15 is 0 Å². The first-order valence-corrected chi connectivity index (χ1v) is 11.0. The Morgan fingerprint density at radius 3 is 2.55 bits per heavy atom. The van der Waals surface area contributed by atoms with E-state index in [1.807, 2.05) is 36.4 Å². The molecule has 156 valence electrons. The van der Waals surface area contributed by atoms with E-state index in [2.05, 4.69) is 29.0 Å². The van der Waals surface area contributed by atoms with Crippen LogP contribution in [0.4, 0.5) is 0 Å². The lowest BCUT2D eigenvalue weighted by atomic mass is 9.87. The van der Waals surface area contributed by atoms with Crippen molar-refractivity contribution in [2.45, 2.75) is 45.7 Å². The van der Waals surface area contributed by atoms with Gasteiger partial charge in [-0.15, -0.1) is 0 Å². The van der Waals surface area contributed by atoms with Crippen LogP contribution in [0.1, 0.15) is 50.4 Å². The number of amides is 1. The van der Waals surface area contributed by atoms with E-state index in [0.29, 0.717) is 28.3 Å². The molecule has 1 amide bonds. The first-order chi connectivity index (χ1) is 13.9. The number of carbonyl (C=O) groups is 1. The van der Waals surface area contributed by atoms with Gasteiger partial charge in [0.2, 0.25) is 5.91 Å². The molecule has 29 heavy (non-hydrogen) atoms. The maximum Gasteiger partial charge on any atom is 0.220 e. The summed E-state index contributed by atoms with van der Waals surface area (Å²) in [6.07, 6.45) is 4.38. The van der Waals surface area contributed by atoms with E-state index in [4.69, 9.17) is 23.2 Å². The number of benzene rings is 1. The quantitative estimate of drug-likeness (QED) is 0.626. The molecule has 6 heteroatoms. The molecule has 0 radical (unpaired) electrons. The van der Waals surface area contributed by atoms with Crippen molar-refractivity contribution >= 4 is 29.1 Å². The zero-order valence-electron chi connectivity index (χ0n) is 17.1. The van der Waals surface area contributed by atoms with Gasteiger partial charge >= 0.3 is 0 Å². The molecule has 1 aliphatic rings. The van der Waals surface area contributed by atoms with Gasteiger partial charge in [-0.25, -0.2) is 0 Å². The summed E-state index contributed by atoms with van der Waals surface area (Å²) in [5.41, 5.74) is 2.12. The summed E-state index contributed by atoms with van der Waals surface area (Å²) >= 11 is 12.2. The van der Waals surface area contributed by atoms with E-state index in [-0.39, 0.29) is 11.9 Å². The van der Waals surface area contributed by atoms with Crippen LogP contribution in [0, 0.1) is 11.8 Å². The molecule has 1 atom stereocenters. The molecule has 2 heterocycles. The molecule has 0 unspecified atom stereocenters. The standard InChI is InChI=1S/C23H29Cl2N3O/c1-16(2)13-22(29)27-23(21-5-3-4-10-26-21)18-8-11-28(12-9-18)15-17-6-7-19(24)20(25)14-17/h3-7,10,14,16,18,23H,8-9,11-13,15H2,1-2H3,(H,27,29)/t23-/m1/s1. The molecule has 1 aromatic carbocycles. The molecule has 4 nitrogen and oxygen atoms in total. The smallest absolute Gasteiger partial charge is 0.220 e. The highest BCUT2D eigenvalue weighted by Crippen LogP contribution is 2.31. The molecule has 0 bridgehead atoms. The van der Waals surface area contributed by atoms with Crippen molar-refractivity contribution in [3.8, 4) is 0 Å². The molecule has 1 aliphatic heterocycles. The van der Waals surface area contributed by atoms with Crippen LogP contribution in [-0.4, -0.2) is 28.9 Å². The normalized spacial score (nSPS) is 16.7. The maximum atomic E-state index is 12.5. The second-order valence-corrected chi connectivity index (χ2v) is 9.07. The second kappa shape index (κ2) is 10.4. The number of aromatic nitrogens is 1. The lowest BCUT2D eigenvalue weighted by molar-refractivity contribution is -0.123. The number of piperidine rings is 1. The molecule has 3 rings (SSSR count). The summed E-state index contributed by atoms with van der Waals surface area (Å²) in [5.74, 6) is 0.826. The fraction of sp³-hybridized carbons (Fsp3) is 0.478. The summed E-state index contributed by atoms with van der Waals surface area (Å²) in [5, 5.41) is 4.45. The van der Waals surface area contributed by atoms with Gasteiger partial charge in [-0.2, -0.15) is 0 Å². The van der Waals surface area contributed by atoms with E-state index in [1.54, 1.807) is 6.20 Å². The maximum absolute atomic E-state index is 12.5. The minimum absolute atomic E-state index is 0.0328. The fourth-order valence-electron chi connectivity index (χ4n) is 3.94. The van der Waals surface area contributed by atoms with E-state index in [1.165, 1.54) is 5.56 Å². The van der Waals surface area contributed by atoms with Crippen LogP contribution in [0.2, 0.25) is 10.0 Å². The Kier molecular flexibility index (Phi) is 7.93. The van der Waals surface area contributed by atoms with Crippen molar-refractivity contribution in [2.24, 2.45) is 11.8 Å². The molecule has 1 aromatic heterocycles. The van der Waals surface area contributed by atoms with Crippen molar-refractivity contribution in [1.29, 1.82) is 0 Å². The number of likely N-dealkylation sites (tertiary alicyclic amines) is 1. The number of pyridine rings is 1. The number of nitrogens with one attached hydrogen (secondary N) is 1. The van der Waals surface area contributed by atoms with Gasteiger partial charge in [0.1, 0.15) is 0 Å². The average molecular weight is 434 g/mol. The highest BCUT2D eigenvalue weighted by molar-refractivity contribution is 6.42. The largest absolute Gasteiger partial charge is 0.347 e. The molecule has 2 aromatic rings. The molecular formula is C23H29Cl2N3O. The van der Waals surface area contributed by atoms with Crippen LogP contribution >= 0.6 is 23.2 Å². The minimum atomic E-state index is -0.0328. The van der Waals surface area contributed by atoms with E-state index in [0.717, 1.165) is 38.2 Å². The average Bonchev–Trinajstić information content (AvgIpc) is 2.70. The monoisotopic (exact) mass is 433 g/mol. The van der Waals surface area contributed by atoms with E-state index in [9.17, 15) is 4.79 Å². The van der Waals surface area contributed by atoms with Gasteiger partial charge in [0.25, 0.3) is 0 Å². The lowest BCUT2D eigenvalue weighted by Crippen LogP contribution is -2.41. The van der Waals surface area contributed by atoms with Gasteiger partial charge in [-0.05, 0) is 67.6 Å². The third-order valence-corrected chi connectivity index (χ3v) is 6.15. The molecule has 0 saturated carbocycles. The summed E-state index contributed by atoms with van der Waals surface area (Å²) in [4.78, 5) is 19.4. The number of rotatable bonds is 7. The van der Waals surface area contributed by atoms with Crippen LogP contribution in [0.15, 0.2) is 42.6 Å². The fourth-order valence-corrected chi connectivity index (χ4v) is 4.26. The van der Waals surface area contributed by atoms with Gasteiger partial charge in [0, 0.05) is 19.2 Å². The third kappa shape index (κ3) is 6.43. The lowest BCUT2D eigenvalue weighted by Gasteiger charge is -2.36. The summed E-state index contributed by atoms with van der Waals surface area (Å²) in [6.45, 7) is 6.95. The Morgan fingerprint density at radius 2 is 1.93 bits per heavy atom. The van der Waals surface area contributed by atoms with Gasteiger partial charge < -0.3 is 5.32 Å². The molecular weight excluding hydrogens is 405 g/mol. The molecule has 1 fully saturated rings. The predicted octanol–water partition coefficient (Wildman–Crippen LogP) is 5.50. The third-order valence-electron chi connectivity index (χ3n) is 5.41. The van der Waals surface area contributed by atoms with Gasteiger partial charge in [0.05, 0.1) is 21.8 Å². The zero-order chi connectivity index (χ0) is 20.8. The summed E-state index contributed by atoms with van der Waals surface area (Å²) < 4.78 is 0. The molecule has 0 spiro atoms. The van der Waals surface area contributed by atoms with Crippen LogP contribution in [0.25, 0.3) is 0 Å². The zero-order valence-corrected chi connectivity index (χ0v) is 18.6. The number of hydrogen-bond acceptors (Lipinski definition) is 3. The van der Waals surface area contributed by atoms with Crippen molar-refractivity contribution in [3.05, 3.63) is 63.9 Å². The first-order valence-electron chi connectivity index (χ1n) is 10.3. The van der Waals surface area contributed by atoms with Crippen LogP contribution in [0.3, 0.4) is 0 Å². The number of nitrogens with zero attached hydrogens (tertiary/aromatic N) is 2. The Morgan fingerprint density at radius 1 is 1.17 bits per heavy atom. The number of halogens is 2. The van der Waals surface area contributed by atoms with Crippen molar-refractivity contribution in [2.75, 3.05) is 13.1 Å². The van der Waals surface area contributed by atoms with Gasteiger partial charge in [-0.1, -0.05) is 49.2 Å². The summed E-state index contributed by atoms with van der Waals surface area (Å²) in [6, 6.07) is 11.7. The Balaban J connectivity index is 1.63. The highest BCUT2D eigenvalue weighted by Gasteiger charge is 2.29. The predicted molar refractivity (Wildman–Crippen MR) is 119 cm³/mol. The second-order valence-electron chi connectivity index (χ2n) is 8.26. The molecule has 0 aliphatic carbocycles. The number of carbonyl (C=O) groups excluding carboxylic acids is 1. The van der Waals surface area contributed by atoms with Crippen molar-refractivity contribution in [1.82, 2.24) is 15.2 Å². The minimum Gasteiger partial charge on any atom is -0.347 e. The highest BCUT2D eigenvalue weighted by atomic mass is 35.5. The van der Waals surface area contributed by atoms with Crippen LogP contribution in [0.5, 0.6) is 0 Å². The van der Waals surface area contributed by atoms with Gasteiger partial charge in [0.15, 0.2) is 0 Å². The van der Waals surface area contributed by atoms with Crippen molar-refractivity contribution in [3.63, 3.8) is 0 Å². The topological polar surface area (TPSA) is 45.2 Å². The van der Waals surface area contributed by atoms with E-state index < -0.39 is 0 Å². The SMILES string of the molecule is CC(C)CC(=O)N[C@@H](c1ccccn1)C1CCN(Cc2ccc(Cl)c(Cl)c2)CC1. The van der Waals surface area contributed by atoms with Gasteiger partial charge in [-0.3, -0.25) is 14.7 Å². The Bertz CT molecular complexity index is 805. The Labute approximate surface area is 183 Å². The van der Waals surface area contributed by atoms with Crippen molar-refractivity contribution < 1.29 is 4.79 Å². The molecule has 1 saturated heterocycles.